The second-order valence-electron chi connectivity index (χ2n) is 7.04. The topological polar surface area (TPSA) is 98.5 Å². The molecular formula is C19H27F3IN7O2. The van der Waals surface area contributed by atoms with Gasteiger partial charge in [0.1, 0.15) is 12.4 Å². The number of hydrogen-bond acceptors (Lipinski definition) is 6. The van der Waals surface area contributed by atoms with E-state index >= 15 is 0 Å². The fourth-order valence-corrected chi connectivity index (χ4v) is 3.10. The number of fused-ring (bicyclic) bond motifs is 1. The lowest BCUT2D eigenvalue weighted by atomic mass is 10.1. The predicted molar refractivity (Wildman–Crippen MR) is 122 cm³/mol. The quantitative estimate of drug-likeness (QED) is 0.287. The lowest BCUT2D eigenvalue weighted by Gasteiger charge is -2.25. The minimum absolute atomic E-state index is 0. The van der Waals surface area contributed by atoms with Gasteiger partial charge >= 0.3 is 6.18 Å². The molecule has 0 saturated heterocycles. The van der Waals surface area contributed by atoms with Gasteiger partial charge in [-0.15, -0.1) is 24.0 Å². The van der Waals surface area contributed by atoms with Crippen molar-refractivity contribution in [2.24, 2.45) is 4.99 Å². The Bertz CT molecular complexity index is 875. The third kappa shape index (κ3) is 8.07. The molecule has 2 aromatic heterocycles. The molecule has 2 aromatic rings. The molecule has 2 N–H and O–H groups in total. The molecule has 0 radical (unpaired) electrons. The van der Waals surface area contributed by atoms with Crippen LogP contribution < -0.4 is 15.4 Å². The SMILES string of the molecule is CCNC(=NCc1ccc(OCC(F)(F)F)nc1)NC1CCc2nc(COC)nn2C1.I. The molecule has 32 heavy (non-hydrogen) atoms. The van der Waals surface area contributed by atoms with Crippen LogP contribution in [-0.4, -0.2) is 58.2 Å². The van der Waals surface area contributed by atoms with Crippen LogP contribution in [0.25, 0.3) is 0 Å². The van der Waals surface area contributed by atoms with Crippen LogP contribution in [0.4, 0.5) is 13.2 Å². The molecule has 0 aromatic carbocycles. The van der Waals surface area contributed by atoms with Crippen molar-refractivity contribution in [2.75, 3.05) is 20.3 Å². The van der Waals surface area contributed by atoms with Gasteiger partial charge in [0.05, 0.1) is 13.1 Å². The summed E-state index contributed by atoms with van der Waals surface area (Å²) in [5.41, 5.74) is 0.753. The third-order valence-corrected chi connectivity index (χ3v) is 4.46. The Hall–Kier alpha value is -2.16. The van der Waals surface area contributed by atoms with Gasteiger partial charge in [-0.05, 0) is 18.9 Å². The summed E-state index contributed by atoms with van der Waals surface area (Å²) < 4.78 is 48.2. The van der Waals surface area contributed by atoms with Crippen molar-refractivity contribution in [2.45, 2.75) is 51.7 Å². The van der Waals surface area contributed by atoms with Gasteiger partial charge in [0.25, 0.3) is 0 Å². The maximum atomic E-state index is 12.2. The first kappa shape index (κ1) is 26.1. The zero-order chi connectivity index (χ0) is 22.3. The molecule has 13 heteroatoms. The number of guanidine groups is 1. The average Bonchev–Trinajstić information content (AvgIpc) is 3.13. The predicted octanol–water partition coefficient (Wildman–Crippen LogP) is 2.45. The standard InChI is InChI=1S/C19H26F3N7O2.HI/c1-3-23-18(25-9-13-4-7-17(24-8-13)31-12-19(20,21)22)26-14-5-6-16-27-15(11-30-2)28-29(16)10-14;/h4,7-8,14H,3,5-6,9-12H2,1-2H3,(H2,23,25,26);1H. The van der Waals surface area contributed by atoms with Crippen LogP contribution in [0.1, 0.15) is 30.6 Å². The first-order valence-corrected chi connectivity index (χ1v) is 9.97. The molecule has 1 aliphatic heterocycles. The number of nitrogens with zero attached hydrogens (tertiary/aromatic N) is 5. The minimum Gasteiger partial charge on any atom is -0.468 e. The van der Waals surface area contributed by atoms with Gasteiger partial charge in [-0.2, -0.15) is 18.3 Å². The fourth-order valence-electron chi connectivity index (χ4n) is 3.10. The zero-order valence-corrected chi connectivity index (χ0v) is 20.2. The van der Waals surface area contributed by atoms with Crippen molar-refractivity contribution in [1.82, 2.24) is 30.4 Å². The summed E-state index contributed by atoms with van der Waals surface area (Å²) >= 11 is 0. The molecule has 0 bridgehead atoms. The first-order chi connectivity index (χ1) is 14.9. The maximum Gasteiger partial charge on any atom is 0.422 e. The van der Waals surface area contributed by atoms with Gasteiger partial charge in [-0.3, -0.25) is 0 Å². The molecule has 0 aliphatic carbocycles. The van der Waals surface area contributed by atoms with Crippen LogP contribution in [0, 0.1) is 0 Å². The highest BCUT2D eigenvalue weighted by atomic mass is 127. The van der Waals surface area contributed by atoms with Crippen molar-refractivity contribution in [3.05, 3.63) is 35.5 Å². The lowest BCUT2D eigenvalue weighted by Crippen LogP contribution is -2.47. The van der Waals surface area contributed by atoms with Crippen LogP contribution in [0.2, 0.25) is 0 Å². The Morgan fingerprint density at radius 3 is 2.81 bits per heavy atom. The van der Waals surface area contributed by atoms with E-state index in [2.05, 4.69) is 35.4 Å². The van der Waals surface area contributed by atoms with E-state index in [4.69, 9.17) is 4.74 Å². The van der Waals surface area contributed by atoms with E-state index in [1.807, 2.05) is 11.6 Å². The summed E-state index contributed by atoms with van der Waals surface area (Å²) in [6.45, 7) is 2.67. The van der Waals surface area contributed by atoms with Crippen LogP contribution in [0.5, 0.6) is 5.88 Å². The largest absolute Gasteiger partial charge is 0.468 e. The lowest BCUT2D eigenvalue weighted by molar-refractivity contribution is -0.154. The van der Waals surface area contributed by atoms with E-state index in [1.165, 1.54) is 12.3 Å². The van der Waals surface area contributed by atoms with E-state index in [1.54, 1.807) is 13.2 Å². The summed E-state index contributed by atoms with van der Waals surface area (Å²) in [5.74, 6) is 2.19. The van der Waals surface area contributed by atoms with Gasteiger partial charge in [-0.25, -0.2) is 19.6 Å². The summed E-state index contributed by atoms with van der Waals surface area (Å²) in [5, 5.41) is 11.1. The maximum absolute atomic E-state index is 12.2. The van der Waals surface area contributed by atoms with Gasteiger partial charge in [0.2, 0.25) is 5.88 Å². The number of aryl methyl sites for hydroxylation is 1. The van der Waals surface area contributed by atoms with Crippen molar-refractivity contribution < 1.29 is 22.6 Å². The van der Waals surface area contributed by atoms with E-state index in [9.17, 15) is 13.2 Å². The smallest absolute Gasteiger partial charge is 0.422 e. The number of nitrogens with one attached hydrogen (secondary N) is 2. The normalized spacial score (nSPS) is 16.2. The van der Waals surface area contributed by atoms with Crippen LogP contribution in [-0.2, 0) is 30.9 Å². The third-order valence-electron chi connectivity index (χ3n) is 4.46. The zero-order valence-electron chi connectivity index (χ0n) is 17.9. The van der Waals surface area contributed by atoms with Gasteiger partial charge in [0.15, 0.2) is 18.4 Å². The molecule has 9 nitrogen and oxygen atoms in total. The van der Waals surface area contributed by atoms with Crippen molar-refractivity contribution in [3.63, 3.8) is 0 Å². The molecule has 0 fully saturated rings. The van der Waals surface area contributed by atoms with Gasteiger partial charge < -0.3 is 20.1 Å². The monoisotopic (exact) mass is 569 g/mol. The van der Waals surface area contributed by atoms with Gasteiger partial charge in [0, 0.05) is 38.4 Å². The fraction of sp³-hybridized carbons (Fsp3) is 0.579. The van der Waals surface area contributed by atoms with Crippen LogP contribution in [0.15, 0.2) is 23.3 Å². The Morgan fingerprint density at radius 1 is 1.34 bits per heavy atom. The van der Waals surface area contributed by atoms with E-state index in [-0.39, 0.29) is 35.9 Å². The Morgan fingerprint density at radius 2 is 2.16 bits per heavy atom. The molecule has 0 saturated carbocycles. The van der Waals surface area contributed by atoms with E-state index in [0.29, 0.717) is 38.0 Å². The highest BCUT2D eigenvalue weighted by molar-refractivity contribution is 14.0. The number of methoxy groups -OCH3 is 1. The summed E-state index contributed by atoms with van der Waals surface area (Å²) in [6, 6.07) is 3.19. The highest BCUT2D eigenvalue weighted by Gasteiger charge is 2.28. The number of alkyl halides is 3. The molecule has 1 aliphatic rings. The van der Waals surface area contributed by atoms with Gasteiger partial charge in [-0.1, -0.05) is 6.07 Å². The molecule has 3 heterocycles. The van der Waals surface area contributed by atoms with E-state index < -0.39 is 12.8 Å². The van der Waals surface area contributed by atoms with Crippen LogP contribution >= 0.6 is 24.0 Å². The minimum atomic E-state index is -4.39. The van der Waals surface area contributed by atoms with E-state index in [0.717, 1.165) is 24.2 Å². The summed E-state index contributed by atoms with van der Waals surface area (Å²) in [7, 11) is 1.61. The molecule has 3 rings (SSSR count). The molecule has 178 valence electrons. The van der Waals surface area contributed by atoms with Crippen molar-refractivity contribution >= 4 is 29.9 Å². The number of ether oxygens (including phenoxy) is 2. The van der Waals surface area contributed by atoms with Crippen molar-refractivity contribution in [1.29, 1.82) is 0 Å². The molecule has 0 amide bonds. The molecular weight excluding hydrogens is 542 g/mol. The second-order valence-corrected chi connectivity index (χ2v) is 7.04. The number of aromatic nitrogens is 4. The highest BCUT2D eigenvalue weighted by Crippen LogP contribution is 2.17. The Kier molecular flexibility index (Phi) is 9.93. The Balaban J connectivity index is 0.00000363. The number of rotatable bonds is 8. The number of pyridine rings is 1. The second kappa shape index (κ2) is 12.2. The summed E-state index contributed by atoms with van der Waals surface area (Å²) in [6.07, 6.45) is -1.24. The number of aliphatic imine (C=N–C) groups is 1. The van der Waals surface area contributed by atoms with Crippen LogP contribution in [0.3, 0.4) is 0 Å². The number of hydrogen-bond donors (Lipinski definition) is 2. The average molecular weight is 569 g/mol. The Labute approximate surface area is 201 Å². The molecule has 1 atom stereocenters. The molecule has 1 unspecified atom stereocenters. The number of halogens is 4. The van der Waals surface area contributed by atoms with Crippen molar-refractivity contribution in [3.8, 4) is 5.88 Å². The molecule has 0 spiro atoms. The first-order valence-electron chi connectivity index (χ1n) is 9.97. The summed E-state index contributed by atoms with van der Waals surface area (Å²) in [4.78, 5) is 12.9.